The van der Waals surface area contributed by atoms with Crippen molar-refractivity contribution >= 4 is 17.9 Å². The van der Waals surface area contributed by atoms with Crippen molar-refractivity contribution in [2.24, 2.45) is 4.99 Å². The van der Waals surface area contributed by atoms with Gasteiger partial charge in [0, 0.05) is 6.42 Å². The molecular formula is C20H19NO4. The average molecular weight is 337 g/mol. The summed E-state index contributed by atoms with van der Waals surface area (Å²) in [6.45, 7) is 0. The van der Waals surface area contributed by atoms with Crippen LogP contribution in [0.1, 0.15) is 17.5 Å². The molecule has 1 aliphatic heterocycles. The van der Waals surface area contributed by atoms with Crippen LogP contribution < -0.4 is 9.47 Å². The lowest BCUT2D eigenvalue weighted by Gasteiger charge is -2.03. The largest absolute Gasteiger partial charge is 0.497 e. The van der Waals surface area contributed by atoms with Gasteiger partial charge in [-0.2, -0.15) is 0 Å². The van der Waals surface area contributed by atoms with Crippen LogP contribution >= 0.6 is 0 Å². The molecule has 0 spiro atoms. The van der Waals surface area contributed by atoms with Gasteiger partial charge < -0.3 is 14.2 Å². The molecule has 0 fully saturated rings. The highest BCUT2D eigenvalue weighted by molar-refractivity contribution is 6.07. The van der Waals surface area contributed by atoms with Gasteiger partial charge in [-0.25, -0.2) is 9.79 Å². The molecule has 0 bridgehead atoms. The molecule has 0 saturated heterocycles. The number of hydrogen-bond acceptors (Lipinski definition) is 5. The third-order valence-corrected chi connectivity index (χ3v) is 3.87. The first-order valence-corrected chi connectivity index (χ1v) is 7.96. The van der Waals surface area contributed by atoms with Crippen LogP contribution in [0.25, 0.3) is 6.08 Å². The smallest absolute Gasteiger partial charge is 0.363 e. The lowest BCUT2D eigenvalue weighted by atomic mass is 10.1. The number of aliphatic imine (C=N–C) groups is 1. The maximum absolute atomic E-state index is 12.0. The Morgan fingerprint density at radius 1 is 0.920 bits per heavy atom. The molecule has 0 aliphatic carbocycles. The van der Waals surface area contributed by atoms with Crippen molar-refractivity contribution in [2.75, 3.05) is 14.2 Å². The monoisotopic (exact) mass is 337 g/mol. The Hall–Kier alpha value is -3.08. The van der Waals surface area contributed by atoms with Crippen LogP contribution in [0.4, 0.5) is 0 Å². The topological polar surface area (TPSA) is 57.1 Å². The van der Waals surface area contributed by atoms with Gasteiger partial charge in [-0.15, -0.1) is 0 Å². The van der Waals surface area contributed by atoms with Gasteiger partial charge in [0.05, 0.1) is 14.2 Å². The first-order chi connectivity index (χ1) is 12.2. The van der Waals surface area contributed by atoms with E-state index in [2.05, 4.69) is 4.99 Å². The molecule has 0 atom stereocenters. The maximum atomic E-state index is 12.0. The second-order valence-electron chi connectivity index (χ2n) is 5.55. The lowest BCUT2D eigenvalue weighted by molar-refractivity contribution is -0.130. The molecule has 2 aromatic rings. The third kappa shape index (κ3) is 4.26. The Bertz CT molecular complexity index is 805. The number of benzene rings is 2. The van der Waals surface area contributed by atoms with Gasteiger partial charge in [0.1, 0.15) is 11.5 Å². The van der Waals surface area contributed by atoms with Gasteiger partial charge >= 0.3 is 5.97 Å². The number of cyclic esters (lactones) is 1. The van der Waals surface area contributed by atoms with E-state index in [0.29, 0.717) is 18.0 Å². The van der Waals surface area contributed by atoms with E-state index in [9.17, 15) is 4.79 Å². The van der Waals surface area contributed by atoms with E-state index in [0.717, 1.165) is 29.0 Å². The molecule has 5 heteroatoms. The first-order valence-electron chi connectivity index (χ1n) is 7.96. The van der Waals surface area contributed by atoms with E-state index >= 15 is 0 Å². The summed E-state index contributed by atoms with van der Waals surface area (Å²) in [5.74, 6) is 1.61. The van der Waals surface area contributed by atoms with Crippen LogP contribution in [0.2, 0.25) is 0 Å². The molecule has 0 N–H and O–H groups in total. The minimum atomic E-state index is -0.416. The summed E-state index contributed by atoms with van der Waals surface area (Å²) in [6, 6.07) is 15.2. The van der Waals surface area contributed by atoms with Crippen molar-refractivity contribution in [1.82, 2.24) is 0 Å². The van der Waals surface area contributed by atoms with Crippen LogP contribution in [0.3, 0.4) is 0 Å². The van der Waals surface area contributed by atoms with Crippen molar-refractivity contribution in [2.45, 2.75) is 12.8 Å². The predicted molar refractivity (Wildman–Crippen MR) is 95.8 cm³/mol. The summed E-state index contributed by atoms with van der Waals surface area (Å²) in [6.07, 6.45) is 3.02. The normalized spacial score (nSPS) is 15.0. The van der Waals surface area contributed by atoms with Crippen LogP contribution in [0, 0.1) is 0 Å². The Labute approximate surface area is 146 Å². The van der Waals surface area contributed by atoms with Crippen LogP contribution in [-0.2, 0) is 16.0 Å². The fourth-order valence-electron chi connectivity index (χ4n) is 2.46. The molecule has 0 unspecified atom stereocenters. The first kappa shape index (κ1) is 16.8. The van der Waals surface area contributed by atoms with E-state index in [1.54, 1.807) is 20.3 Å². The summed E-state index contributed by atoms with van der Waals surface area (Å²) < 4.78 is 15.5. The lowest BCUT2D eigenvalue weighted by Crippen LogP contribution is -2.05. The molecule has 1 heterocycles. The number of rotatable bonds is 6. The maximum Gasteiger partial charge on any atom is 0.363 e. The Morgan fingerprint density at radius 2 is 1.52 bits per heavy atom. The number of carbonyl (C=O) groups excluding carboxylic acids is 1. The highest BCUT2D eigenvalue weighted by Crippen LogP contribution is 2.20. The van der Waals surface area contributed by atoms with Crippen LogP contribution in [0.5, 0.6) is 11.5 Å². The van der Waals surface area contributed by atoms with E-state index < -0.39 is 5.97 Å². The summed E-state index contributed by atoms with van der Waals surface area (Å²) >= 11 is 0. The Kier molecular flexibility index (Phi) is 5.14. The van der Waals surface area contributed by atoms with E-state index in [-0.39, 0.29) is 0 Å². The fraction of sp³-hybridized carbons (Fsp3) is 0.200. The van der Waals surface area contributed by atoms with Crippen LogP contribution in [0.15, 0.2) is 59.2 Å². The van der Waals surface area contributed by atoms with E-state index in [1.165, 1.54) is 0 Å². The average Bonchev–Trinajstić information content (AvgIpc) is 3.00. The molecule has 1 aliphatic rings. The summed E-state index contributed by atoms with van der Waals surface area (Å²) in [5, 5.41) is 0. The number of esters is 1. The summed E-state index contributed by atoms with van der Waals surface area (Å²) in [5.41, 5.74) is 2.31. The Morgan fingerprint density at radius 3 is 2.12 bits per heavy atom. The highest BCUT2D eigenvalue weighted by atomic mass is 16.6. The third-order valence-electron chi connectivity index (χ3n) is 3.87. The van der Waals surface area contributed by atoms with Crippen LogP contribution in [-0.4, -0.2) is 26.1 Å². The van der Waals surface area contributed by atoms with Crippen molar-refractivity contribution in [3.05, 3.63) is 65.4 Å². The van der Waals surface area contributed by atoms with Crippen molar-refractivity contribution in [3.8, 4) is 11.5 Å². The van der Waals surface area contributed by atoms with Crippen molar-refractivity contribution in [3.63, 3.8) is 0 Å². The second-order valence-corrected chi connectivity index (χ2v) is 5.55. The predicted octanol–water partition coefficient (Wildman–Crippen LogP) is 3.63. The molecule has 3 rings (SSSR count). The van der Waals surface area contributed by atoms with Crippen molar-refractivity contribution in [1.29, 1.82) is 0 Å². The Balaban J connectivity index is 1.65. The molecule has 2 aromatic carbocycles. The molecular weight excluding hydrogens is 318 g/mol. The minimum Gasteiger partial charge on any atom is -0.497 e. The minimum absolute atomic E-state index is 0.315. The van der Waals surface area contributed by atoms with Gasteiger partial charge in [-0.05, 0) is 47.9 Å². The standard InChI is InChI=1S/C20H19NO4/c1-23-16-8-3-14(4-9-16)7-12-19-21-18(20(22)25-19)13-15-5-10-17(24-2)11-6-15/h3-6,8-11,13H,7,12H2,1-2H3/b18-13+. The zero-order valence-corrected chi connectivity index (χ0v) is 14.2. The van der Waals surface area contributed by atoms with Gasteiger partial charge in [-0.3, -0.25) is 0 Å². The quantitative estimate of drug-likeness (QED) is 0.596. The molecule has 5 nitrogen and oxygen atoms in total. The fourth-order valence-corrected chi connectivity index (χ4v) is 2.46. The molecule has 128 valence electrons. The number of nitrogens with zero attached hydrogens (tertiary/aromatic N) is 1. The number of methoxy groups -OCH3 is 2. The summed E-state index contributed by atoms with van der Waals surface area (Å²) in [4.78, 5) is 16.3. The highest BCUT2D eigenvalue weighted by Gasteiger charge is 2.22. The second kappa shape index (κ2) is 7.66. The number of ether oxygens (including phenoxy) is 3. The summed E-state index contributed by atoms with van der Waals surface area (Å²) in [7, 11) is 3.25. The molecule has 0 saturated carbocycles. The van der Waals surface area contributed by atoms with E-state index in [4.69, 9.17) is 14.2 Å². The SMILES string of the molecule is COc1ccc(/C=C2/N=C(CCc3ccc(OC)cc3)OC2=O)cc1. The van der Waals surface area contributed by atoms with Gasteiger partial charge in [0.25, 0.3) is 0 Å². The van der Waals surface area contributed by atoms with E-state index in [1.807, 2.05) is 48.5 Å². The molecule has 0 aromatic heterocycles. The van der Waals surface area contributed by atoms with Gasteiger partial charge in [-0.1, -0.05) is 24.3 Å². The molecule has 25 heavy (non-hydrogen) atoms. The number of carbonyl (C=O) groups is 1. The van der Waals surface area contributed by atoms with Crippen molar-refractivity contribution < 1.29 is 19.0 Å². The van der Waals surface area contributed by atoms with Gasteiger partial charge in [0.2, 0.25) is 0 Å². The number of hydrogen-bond donors (Lipinski definition) is 0. The molecule has 0 radical (unpaired) electrons. The number of aryl methyl sites for hydroxylation is 1. The van der Waals surface area contributed by atoms with Gasteiger partial charge in [0.15, 0.2) is 11.6 Å². The zero-order valence-electron chi connectivity index (χ0n) is 14.2. The zero-order chi connectivity index (χ0) is 17.6. The molecule has 0 amide bonds.